The maximum Gasteiger partial charge on any atom is 0.255 e. The molecule has 2 fully saturated rings. The number of aliphatic imine (C=N–C) groups is 1. The van der Waals surface area contributed by atoms with Crippen LogP contribution in [0.15, 0.2) is 34.8 Å². The topological polar surface area (TPSA) is 65.7 Å². The van der Waals surface area contributed by atoms with Gasteiger partial charge in [-0.05, 0) is 44.2 Å². The van der Waals surface area contributed by atoms with Crippen molar-refractivity contribution < 1.29 is 9.53 Å². The highest BCUT2D eigenvalue weighted by molar-refractivity contribution is 6.31. The van der Waals surface area contributed by atoms with E-state index < -0.39 is 0 Å². The zero-order valence-corrected chi connectivity index (χ0v) is 15.9. The third-order valence-corrected chi connectivity index (χ3v) is 5.93. The van der Waals surface area contributed by atoms with E-state index in [1.165, 1.54) is 0 Å². The molecule has 0 spiro atoms. The largest absolute Gasteiger partial charge is 0.490 e. The molecule has 3 aliphatic rings. The minimum absolute atomic E-state index is 0.121. The van der Waals surface area contributed by atoms with Crippen LogP contribution < -0.4 is 4.74 Å². The summed E-state index contributed by atoms with van der Waals surface area (Å²) in [6, 6.07) is 7.52. The first-order chi connectivity index (χ1) is 13.2. The van der Waals surface area contributed by atoms with Gasteiger partial charge in [0.2, 0.25) is 0 Å². The number of hydrogen-bond donors (Lipinski definition) is 0. The second kappa shape index (κ2) is 7.74. The van der Waals surface area contributed by atoms with Crippen molar-refractivity contribution in [2.24, 2.45) is 4.99 Å². The van der Waals surface area contributed by atoms with E-state index in [1.807, 2.05) is 4.90 Å². The molecular weight excluding hydrogens is 362 g/mol. The number of piperidine rings is 1. The Morgan fingerprint density at radius 2 is 2.07 bits per heavy atom. The SMILES string of the molecule is N#Cc1ccc(OC2CCC(N3CCC4=NCCC=C4C3=O)CC2)cc1Cl. The third-order valence-electron chi connectivity index (χ3n) is 5.62. The molecule has 6 heteroatoms. The fourth-order valence-electron chi connectivity index (χ4n) is 4.19. The number of nitrogens with zero attached hydrogens (tertiary/aromatic N) is 3. The molecule has 1 saturated carbocycles. The van der Waals surface area contributed by atoms with Gasteiger partial charge in [0.05, 0.1) is 22.3 Å². The smallest absolute Gasteiger partial charge is 0.255 e. The molecule has 0 radical (unpaired) electrons. The lowest BCUT2D eigenvalue weighted by Crippen LogP contribution is -2.49. The van der Waals surface area contributed by atoms with Crippen LogP contribution in [0.2, 0.25) is 5.02 Å². The van der Waals surface area contributed by atoms with Crippen molar-refractivity contribution in [1.29, 1.82) is 5.26 Å². The normalized spacial score (nSPS) is 25.2. The second-order valence-electron chi connectivity index (χ2n) is 7.29. The number of amides is 1. The number of dihydropyridines is 1. The summed E-state index contributed by atoms with van der Waals surface area (Å²) in [6.07, 6.45) is 7.62. The molecule has 0 aromatic heterocycles. The molecule has 1 amide bonds. The summed E-state index contributed by atoms with van der Waals surface area (Å²) < 4.78 is 6.06. The molecule has 0 bridgehead atoms. The fraction of sp³-hybridized carbons (Fsp3) is 0.476. The number of carbonyl (C=O) groups is 1. The zero-order chi connectivity index (χ0) is 18.8. The summed E-state index contributed by atoms with van der Waals surface area (Å²) >= 11 is 6.08. The number of likely N-dealkylation sites (tertiary alicyclic amines) is 1. The van der Waals surface area contributed by atoms with E-state index in [-0.39, 0.29) is 18.1 Å². The van der Waals surface area contributed by atoms with Gasteiger partial charge < -0.3 is 9.64 Å². The Labute approximate surface area is 164 Å². The Bertz CT molecular complexity index is 847. The van der Waals surface area contributed by atoms with Crippen molar-refractivity contribution in [3.05, 3.63) is 40.4 Å². The van der Waals surface area contributed by atoms with Gasteiger partial charge in [0, 0.05) is 37.3 Å². The molecule has 0 N–H and O–H groups in total. The number of ether oxygens (including phenoxy) is 1. The maximum atomic E-state index is 12.8. The third kappa shape index (κ3) is 3.72. The fourth-order valence-corrected chi connectivity index (χ4v) is 4.41. The van der Waals surface area contributed by atoms with Gasteiger partial charge in [0.15, 0.2) is 0 Å². The van der Waals surface area contributed by atoms with E-state index in [1.54, 1.807) is 18.2 Å². The van der Waals surface area contributed by atoms with Gasteiger partial charge in [-0.2, -0.15) is 5.26 Å². The quantitative estimate of drug-likeness (QED) is 0.794. The second-order valence-corrected chi connectivity index (χ2v) is 7.69. The van der Waals surface area contributed by atoms with Gasteiger partial charge in [-0.3, -0.25) is 9.79 Å². The van der Waals surface area contributed by atoms with Crippen molar-refractivity contribution in [1.82, 2.24) is 4.90 Å². The highest BCUT2D eigenvalue weighted by atomic mass is 35.5. The van der Waals surface area contributed by atoms with Gasteiger partial charge >= 0.3 is 0 Å². The van der Waals surface area contributed by atoms with Gasteiger partial charge in [-0.1, -0.05) is 17.7 Å². The average molecular weight is 384 g/mol. The number of rotatable bonds is 3. The van der Waals surface area contributed by atoms with Crippen LogP contribution in [0, 0.1) is 11.3 Å². The van der Waals surface area contributed by atoms with Crippen LogP contribution in [0.5, 0.6) is 5.75 Å². The first-order valence-electron chi connectivity index (χ1n) is 9.57. The lowest BCUT2D eigenvalue weighted by Gasteiger charge is -2.40. The van der Waals surface area contributed by atoms with Crippen LogP contribution in [0.1, 0.15) is 44.1 Å². The van der Waals surface area contributed by atoms with Crippen molar-refractivity contribution in [2.75, 3.05) is 13.1 Å². The van der Waals surface area contributed by atoms with Crippen molar-refractivity contribution in [3.8, 4) is 11.8 Å². The Kier molecular flexibility index (Phi) is 5.18. The molecule has 4 rings (SSSR count). The van der Waals surface area contributed by atoms with Crippen LogP contribution >= 0.6 is 11.6 Å². The molecule has 2 heterocycles. The minimum atomic E-state index is 0.121. The summed E-state index contributed by atoms with van der Waals surface area (Å²) in [6.45, 7) is 1.59. The summed E-state index contributed by atoms with van der Waals surface area (Å²) in [5.74, 6) is 0.854. The first-order valence-corrected chi connectivity index (χ1v) is 9.94. The molecule has 140 valence electrons. The van der Waals surface area contributed by atoms with E-state index in [2.05, 4.69) is 17.1 Å². The molecular formula is C21H22ClN3O2. The lowest BCUT2D eigenvalue weighted by molar-refractivity contribution is -0.130. The van der Waals surface area contributed by atoms with Crippen molar-refractivity contribution in [3.63, 3.8) is 0 Å². The number of nitriles is 1. The number of fused-ring (bicyclic) bond motifs is 1. The maximum absolute atomic E-state index is 12.8. The van der Waals surface area contributed by atoms with Gasteiger partial charge in [0.1, 0.15) is 11.8 Å². The monoisotopic (exact) mass is 383 g/mol. The van der Waals surface area contributed by atoms with Crippen molar-refractivity contribution >= 4 is 23.2 Å². The molecule has 27 heavy (non-hydrogen) atoms. The molecule has 2 aliphatic heterocycles. The Hall–Kier alpha value is -2.32. The summed E-state index contributed by atoms with van der Waals surface area (Å²) in [4.78, 5) is 19.4. The molecule has 1 saturated heterocycles. The molecule has 5 nitrogen and oxygen atoms in total. The van der Waals surface area contributed by atoms with E-state index in [9.17, 15) is 4.79 Å². The Morgan fingerprint density at radius 3 is 2.81 bits per heavy atom. The van der Waals surface area contributed by atoms with Crippen LogP contribution in [-0.4, -0.2) is 41.8 Å². The minimum Gasteiger partial charge on any atom is -0.490 e. The van der Waals surface area contributed by atoms with Gasteiger partial charge in [-0.25, -0.2) is 0 Å². The molecule has 1 aromatic carbocycles. The lowest BCUT2D eigenvalue weighted by atomic mass is 9.88. The molecule has 0 unspecified atom stereocenters. The van der Waals surface area contributed by atoms with Crippen LogP contribution in [0.25, 0.3) is 0 Å². The zero-order valence-electron chi connectivity index (χ0n) is 15.2. The van der Waals surface area contributed by atoms with Gasteiger partial charge in [-0.15, -0.1) is 0 Å². The highest BCUT2D eigenvalue weighted by Crippen LogP contribution is 2.31. The molecule has 1 aromatic rings. The van der Waals surface area contributed by atoms with Crippen LogP contribution in [-0.2, 0) is 4.79 Å². The van der Waals surface area contributed by atoms with E-state index in [4.69, 9.17) is 21.6 Å². The predicted octanol–water partition coefficient (Wildman–Crippen LogP) is 3.91. The van der Waals surface area contributed by atoms with E-state index in [0.717, 1.165) is 62.9 Å². The Morgan fingerprint density at radius 1 is 1.26 bits per heavy atom. The Balaban J connectivity index is 1.35. The first kappa shape index (κ1) is 18.1. The standard InChI is InChI=1S/C21H22ClN3O2/c22-19-12-17(6-3-14(19)13-23)27-16-7-4-15(5-8-16)25-11-9-20-18(21(25)26)2-1-10-24-20/h2-3,6,12,15-16H,1,4-5,7-11H2. The number of carbonyl (C=O) groups excluding carboxylic acids is 1. The summed E-state index contributed by atoms with van der Waals surface area (Å²) in [5, 5.41) is 9.38. The van der Waals surface area contributed by atoms with Crippen molar-refractivity contribution in [2.45, 2.75) is 50.7 Å². The van der Waals surface area contributed by atoms with Crippen LogP contribution in [0.3, 0.4) is 0 Å². The van der Waals surface area contributed by atoms with Gasteiger partial charge in [0.25, 0.3) is 5.91 Å². The molecule has 0 atom stereocenters. The van der Waals surface area contributed by atoms with E-state index in [0.29, 0.717) is 16.3 Å². The number of benzene rings is 1. The highest BCUT2D eigenvalue weighted by Gasteiger charge is 2.35. The average Bonchev–Trinajstić information content (AvgIpc) is 2.69. The predicted molar refractivity (Wildman–Crippen MR) is 104 cm³/mol. The van der Waals surface area contributed by atoms with E-state index >= 15 is 0 Å². The summed E-state index contributed by atoms with van der Waals surface area (Å²) in [7, 11) is 0. The van der Waals surface area contributed by atoms with Crippen LogP contribution in [0.4, 0.5) is 0 Å². The number of hydrogen-bond acceptors (Lipinski definition) is 4. The number of halogens is 1. The molecule has 1 aliphatic carbocycles. The summed E-state index contributed by atoms with van der Waals surface area (Å²) in [5.41, 5.74) is 2.28.